The van der Waals surface area contributed by atoms with Gasteiger partial charge in [-0.1, -0.05) is 35.9 Å². The number of carbonyl (C=O) groups excluding carboxylic acids is 1. The van der Waals surface area contributed by atoms with E-state index in [1.807, 2.05) is 42.5 Å². The molecule has 1 amide bonds. The summed E-state index contributed by atoms with van der Waals surface area (Å²) >= 11 is 9.39. The Morgan fingerprint density at radius 2 is 2.00 bits per heavy atom. The molecule has 0 saturated carbocycles. The minimum absolute atomic E-state index is 0.164. The Kier molecular flexibility index (Phi) is 4.23. The molecular weight excluding hydrogens is 366 g/mol. The summed E-state index contributed by atoms with van der Waals surface area (Å²) < 4.78 is 6.51. The molecule has 0 radical (unpaired) electrons. The number of para-hydroxylation sites is 1. The first kappa shape index (κ1) is 15.1. The highest BCUT2D eigenvalue weighted by atomic mass is 79.9. The molecule has 2 aromatic carbocycles. The Hall–Kier alpha value is -1.78. The third kappa shape index (κ3) is 3.03. The maximum Gasteiger partial charge on any atom is 0.289 e. The Bertz CT molecular complexity index is 844. The molecule has 3 rings (SSSR count). The second-order valence-electron chi connectivity index (χ2n) is 5.06. The lowest BCUT2D eigenvalue weighted by atomic mass is 10.2. The summed E-state index contributed by atoms with van der Waals surface area (Å²) in [5.74, 6) is 0.162. The van der Waals surface area contributed by atoms with Gasteiger partial charge in [0.15, 0.2) is 5.76 Å². The summed E-state index contributed by atoms with van der Waals surface area (Å²) in [6.45, 7) is 0.470. The zero-order valence-electron chi connectivity index (χ0n) is 11.8. The zero-order chi connectivity index (χ0) is 15.7. The maximum atomic E-state index is 12.5. The summed E-state index contributed by atoms with van der Waals surface area (Å²) in [5, 5.41) is 1.56. The molecule has 0 spiro atoms. The number of rotatable bonds is 3. The van der Waals surface area contributed by atoms with Crippen LogP contribution in [0.2, 0.25) is 5.02 Å². The van der Waals surface area contributed by atoms with Gasteiger partial charge in [0, 0.05) is 24.0 Å². The van der Waals surface area contributed by atoms with E-state index in [2.05, 4.69) is 15.9 Å². The summed E-state index contributed by atoms with van der Waals surface area (Å²) in [7, 11) is 1.74. The van der Waals surface area contributed by atoms with Crippen LogP contribution in [-0.2, 0) is 6.54 Å². The molecule has 0 aliphatic carbocycles. The molecule has 0 saturated heterocycles. The fourth-order valence-electron chi connectivity index (χ4n) is 2.30. The van der Waals surface area contributed by atoms with E-state index in [4.69, 9.17) is 16.0 Å². The Labute approximate surface area is 141 Å². The van der Waals surface area contributed by atoms with Gasteiger partial charge in [-0.25, -0.2) is 0 Å². The number of hydrogen-bond acceptors (Lipinski definition) is 2. The second-order valence-corrected chi connectivity index (χ2v) is 6.35. The van der Waals surface area contributed by atoms with Crippen molar-refractivity contribution in [3.8, 4) is 0 Å². The minimum Gasteiger partial charge on any atom is -0.450 e. The van der Waals surface area contributed by atoms with E-state index in [1.54, 1.807) is 18.0 Å². The van der Waals surface area contributed by atoms with Gasteiger partial charge in [-0.05, 0) is 45.8 Å². The van der Waals surface area contributed by atoms with Gasteiger partial charge in [0.05, 0.1) is 4.47 Å². The molecule has 0 aliphatic heterocycles. The fraction of sp³-hybridized carbons (Fsp3) is 0.118. The smallest absolute Gasteiger partial charge is 0.289 e. The van der Waals surface area contributed by atoms with Gasteiger partial charge < -0.3 is 9.32 Å². The topological polar surface area (TPSA) is 33.5 Å². The van der Waals surface area contributed by atoms with Crippen molar-refractivity contribution in [2.45, 2.75) is 6.54 Å². The first-order valence-electron chi connectivity index (χ1n) is 6.72. The fourth-order valence-corrected chi connectivity index (χ4v) is 2.98. The molecule has 0 fully saturated rings. The van der Waals surface area contributed by atoms with Crippen LogP contribution in [0.4, 0.5) is 0 Å². The summed E-state index contributed by atoms with van der Waals surface area (Å²) in [5.41, 5.74) is 1.66. The first-order valence-corrected chi connectivity index (χ1v) is 7.89. The zero-order valence-corrected chi connectivity index (χ0v) is 14.2. The van der Waals surface area contributed by atoms with Crippen molar-refractivity contribution in [2.24, 2.45) is 0 Å². The largest absolute Gasteiger partial charge is 0.450 e. The van der Waals surface area contributed by atoms with Crippen molar-refractivity contribution in [3.05, 3.63) is 69.3 Å². The van der Waals surface area contributed by atoms with E-state index < -0.39 is 0 Å². The third-order valence-electron chi connectivity index (χ3n) is 3.36. The summed E-state index contributed by atoms with van der Waals surface area (Å²) in [6.07, 6.45) is 0. The summed E-state index contributed by atoms with van der Waals surface area (Å²) in [6, 6.07) is 14.9. The number of fused-ring (bicyclic) bond motifs is 1. The predicted octanol–water partition coefficient (Wildman–Crippen LogP) is 5.12. The SMILES string of the molecule is CN(Cc1cccc(Cl)c1)C(=O)c1cc2cccc(Br)c2o1. The predicted molar refractivity (Wildman–Crippen MR) is 91.2 cm³/mol. The molecule has 5 heteroatoms. The lowest BCUT2D eigenvalue weighted by Crippen LogP contribution is -2.25. The molecule has 0 N–H and O–H groups in total. The maximum absolute atomic E-state index is 12.5. The van der Waals surface area contributed by atoms with Crippen molar-refractivity contribution in [3.63, 3.8) is 0 Å². The average molecular weight is 379 g/mol. The summed E-state index contributed by atoms with van der Waals surface area (Å²) in [4.78, 5) is 14.1. The highest BCUT2D eigenvalue weighted by Gasteiger charge is 2.18. The van der Waals surface area contributed by atoms with Gasteiger partial charge in [-0.3, -0.25) is 4.79 Å². The molecular formula is C17H13BrClNO2. The van der Waals surface area contributed by atoms with Crippen LogP contribution in [0.3, 0.4) is 0 Å². The molecule has 22 heavy (non-hydrogen) atoms. The quantitative estimate of drug-likeness (QED) is 0.634. The number of furan rings is 1. The van der Waals surface area contributed by atoms with E-state index in [0.29, 0.717) is 22.9 Å². The normalized spacial score (nSPS) is 10.9. The minimum atomic E-state index is -0.164. The molecule has 1 heterocycles. The van der Waals surface area contributed by atoms with Crippen LogP contribution in [0, 0.1) is 0 Å². The number of benzene rings is 2. The van der Waals surface area contributed by atoms with E-state index >= 15 is 0 Å². The number of halogens is 2. The Morgan fingerprint density at radius 3 is 2.73 bits per heavy atom. The van der Waals surface area contributed by atoms with Crippen LogP contribution in [0.15, 0.2) is 57.4 Å². The van der Waals surface area contributed by atoms with Crippen molar-refractivity contribution < 1.29 is 9.21 Å². The van der Waals surface area contributed by atoms with Gasteiger partial charge in [-0.15, -0.1) is 0 Å². The van der Waals surface area contributed by atoms with Crippen LogP contribution in [0.5, 0.6) is 0 Å². The molecule has 0 unspecified atom stereocenters. The molecule has 1 aromatic heterocycles. The molecule has 3 nitrogen and oxygen atoms in total. The van der Waals surface area contributed by atoms with Crippen molar-refractivity contribution in [1.29, 1.82) is 0 Å². The molecule has 0 atom stereocenters. The lowest BCUT2D eigenvalue weighted by Gasteiger charge is -2.15. The van der Waals surface area contributed by atoms with Gasteiger partial charge >= 0.3 is 0 Å². The Morgan fingerprint density at radius 1 is 1.23 bits per heavy atom. The molecule has 112 valence electrons. The van der Waals surface area contributed by atoms with Crippen LogP contribution in [0.25, 0.3) is 11.0 Å². The standard InChI is InChI=1S/C17H13BrClNO2/c1-20(10-11-4-2-6-13(19)8-11)17(21)15-9-12-5-3-7-14(18)16(12)22-15/h2-9H,10H2,1H3. The van der Waals surface area contributed by atoms with Gasteiger partial charge in [0.1, 0.15) is 5.58 Å². The van der Waals surface area contributed by atoms with Gasteiger partial charge in [-0.2, -0.15) is 0 Å². The lowest BCUT2D eigenvalue weighted by molar-refractivity contribution is 0.0756. The van der Waals surface area contributed by atoms with Crippen LogP contribution < -0.4 is 0 Å². The number of hydrogen-bond donors (Lipinski definition) is 0. The van der Waals surface area contributed by atoms with E-state index in [9.17, 15) is 4.79 Å². The monoisotopic (exact) mass is 377 g/mol. The van der Waals surface area contributed by atoms with Crippen LogP contribution >= 0.6 is 27.5 Å². The average Bonchev–Trinajstić information content (AvgIpc) is 2.92. The van der Waals surface area contributed by atoms with Crippen LogP contribution in [0.1, 0.15) is 16.1 Å². The Balaban J connectivity index is 1.84. The van der Waals surface area contributed by atoms with E-state index in [-0.39, 0.29) is 5.91 Å². The molecule has 0 aliphatic rings. The third-order valence-corrected chi connectivity index (χ3v) is 4.22. The second kappa shape index (κ2) is 6.15. The highest BCUT2D eigenvalue weighted by Crippen LogP contribution is 2.27. The number of amides is 1. The molecule has 3 aromatic rings. The van der Waals surface area contributed by atoms with Crippen molar-refractivity contribution in [1.82, 2.24) is 4.90 Å². The van der Waals surface area contributed by atoms with E-state index in [1.165, 1.54) is 0 Å². The molecule has 0 bridgehead atoms. The van der Waals surface area contributed by atoms with Gasteiger partial charge in [0.2, 0.25) is 0 Å². The van der Waals surface area contributed by atoms with Crippen LogP contribution in [-0.4, -0.2) is 17.9 Å². The van der Waals surface area contributed by atoms with E-state index in [0.717, 1.165) is 15.4 Å². The van der Waals surface area contributed by atoms with Crippen molar-refractivity contribution in [2.75, 3.05) is 7.05 Å². The van der Waals surface area contributed by atoms with Crippen molar-refractivity contribution >= 4 is 44.4 Å². The highest BCUT2D eigenvalue weighted by molar-refractivity contribution is 9.10. The number of nitrogens with zero attached hydrogens (tertiary/aromatic N) is 1. The van der Waals surface area contributed by atoms with Gasteiger partial charge in [0.25, 0.3) is 5.91 Å². The first-order chi connectivity index (χ1) is 10.5. The number of carbonyl (C=O) groups is 1.